The van der Waals surface area contributed by atoms with E-state index in [1.54, 1.807) is 0 Å². The molecule has 0 amide bonds. The van der Waals surface area contributed by atoms with Crippen molar-refractivity contribution < 1.29 is 9.90 Å². The number of carbonyl (C=O) groups is 1. The molecule has 74 valence electrons. The fraction of sp³-hybridized carbons (Fsp3) is 0.909. The zero-order valence-corrected chi connectivity index (χ0v) is 8.42. The lowest BCUT2D eigenvalue weighted by molar-refractivity contribution is -0.139. The molecule has 2 heteroatoms. The van der Waals surface area contributed by atoms with Gasteiger partial charge in [0.05, 0.1) is 5.92 Å². The third kappa shape index (κ3) is 1.27. The van der Waals surface area contributed by atoms with Crippen molar-refractivity contribution in [2.75, 3.05) is 0 Å². The summed E-state index contributed by atoms with van der Waals surface area (Å²) >= 11 is 0. The number of hydrogen-bond acceptors (Lipinski definition) is 1. The maximum atomic E-state index is 10.9. The summed E-state index contributed by atoms with van der Waals surface area (Å²) in [5, 5.41) is 9.02. The number of carboxylic acid groups (broad SMARTS) is 1. The SMILES string of the molecule is CC1(C)C(C(=O)O)C1C1CCCC1. The molecule has 13 heavy (non-hydrogen) atoms. The summed E-state index contributed by atoms with van der Waals surface area (Å²) in [5.41, 5.74) is 0.0703. The minimum atomic E-state index is -0.582. The van der Waals surface area contributed by atoms with E-state index in [2.05, 4.69) is 13.8 Å². The fourth-order valence-corrected chi connectivity index (χ4v) is 3.35. The van der Waals surface area contributed by atoms with Crippen LogP contribution in [0.1, 0.15) is 39.5 Å². The van der Waals surface area contributed by atoms with Crippen molar-refractivity contribution >= 4 is 5.97 Å². The first-order chi connectivity index (χ1) is 6.05. The van der Waals surface area contributed by atoms with E-state index < -0.39 is 5.97 Å². The second kappa shape index (κ2) is 2.73. The van der Waals surface area contributed by atoms with E-state index in [0.29, 0.717) is 11.8 Å². The van der Waals surface area contributed by atoms with Crippen molar-refractivity contribution in [1.82, 2.24) is 0 Å². The second-order valence-electron chi connectivity index (χ2n) is 5.21. The average molecular weight is 182 g/mol. The van der Waals surface area contributed by atoms with Crippen LogP contribution in [0.5, 0.6) is 0 Å². The van der Waals surface area contributed by atoms with Crippen LogP contribution in [-0.4, -0.2) is 11.1 Å². The van der Waals surface area contributed by atoms with Crippen LogP contribution in [0.15, 0.2) is 0 Å². The van der Waals surface area contributed by atoms with E-state index >= 15 is 0 Å². The molecular weight excluding hydrogens is 164 g/mol. The van der Waals surface area contributed by atoms with E-state index in [9.17, 15) is 4.79 Å². The standard InChI is InChI=1S/C11H18O2/c1-11(2)8(9(11)10(12)13)7-5-3-4-6-7/h7-9H,3-6H2,1-2H3,(H,12,13). The summed E-state index contributed by atoms with van der Waals surface area (Å²) in [7, 11) is 0. The topological polar surface area (TPSA) is 37.3 Å². The van der Waals surface area contributed by atoms with Crippen LogP contribution < -0.4 is 0 Å². The minimum absolute atomic E-state index is 0.0596. The van der Waals surface area contributed by atoms with E-state index in [1.165, 1.54) is 25.7 Å². The van der Waals surface area contributed by atoms with Crippen molar-refractivity contribution in [3.63, 3.8) is 0 Å². The fourth-order valence-electron chi connectivity index (χ4n) is 3.35. The van der Waals surface area contributed by atoms with Gasteiger partial charge in [0.1, 0.15) is 0 Å². The lowest BCUT2D eigenvalue weighted by atomic mass is 9.96. The molecule has 2 nitrogen and oxygen atoms in total. The highest BCUT2D eigenvalue weighted by Crippen LogP contribution is 2.64. The van der Waals surface area contributed by atoms with Crippen LogP contribution in [0, 0.1) is 23.2 Å². The Hall–Kier alpha value is -0.530. The quantitative estimate of drug-likeness (QED) is 0.712. The van der Waals surface area contributed by atoms with E-state index in [0.717, 1.165) is 0 Å². The number of hydrogen-bond donors (Lipinski definition) is 1. The first-order valence-corrected chi connectivity index (χ1v) is 5.28. The third-order valence-electron chi connectivity index (χ3n) is 4.08. The average Bonchev–Trinajstić information content (AvgIpc) is 2.50. The van der Waals surface area contributed by atoms with Crippen LogP contribution in [0.4, 0.5) is 0 Å². The van der Waals surface area contributed by atoms with Gasteiger partial charge in [-0.25, -0.2) is 0 Å². The summed E-state index contributed by atoms with van der Waals surface area (Å²) in [6.45, 7) is 4.21. The summed E-state index contributed by atoms with van der Waals surface area (Å²) < 4.78 is 0. The molecule has 2 aliphatic rings. The van der Waals surface area contributed by atoms with Crippen LogP contribution in [-0.2, 0) is 4.79 Å². The predicted octanol–water partition coefficient (Wildman–Crippen LogP) is 2.53. The van der Waals surface area contributed by atoms with Gasteiger partial charge < -0.3 is 5.11 Å². The molecule has 0 radical (unpaired) electrons. The lowest BCUT2D eigenvalue weighted by Crippen LogP contribution is -2.05. The molecule has 0 bridgehead atoms. The van der Waals surface area contributed by atoms with E-state index in [1.807, 2.05) is 0 Å². The zero-order chi connectivity index (χ0) is 9.64. The Morgan fingerprint density at radius 2 is 1.85 bits per heavy atom. The number of aliphatic carboxylic acids is 1. The van der Waals surface area contributed by atoms with Gasteiger partial charge in [-0.15, -0.1) is 0 Å². The minimum Gasteiger partial charge on any atom is -0.481 e. The molecule has 0 heterocycles. The molecule has 0 aromatic carbocycles. The van der Waals surface area contributed by atoms with Gasteiger partial charge in [0.15, 0.2) is 0 Å². The van der Waals surface area contributed by atoms with E-state index in [4.69, 9.17) is 5.11 Å². The molecule has 2 atom stereocenters. The van der Waals surface area contributed by atoms with Gasteiger partial charge in [0.25, 0.3) is 0 Å². The lowest BCUT2D eigenvalue weighted by Gasteiger charge is -2.09. The summed E-state index contributed by atoms with van der Waals surface area (Å²) in [6.07, 6.45) is 5.14. The van der Waals surface area contributed by atoms with Gasteiger partial charge in [-0.3, -0.25) is 4.79 Å². The van der Waals surface area contributed by atoms with Gasteiger partial charge in [0, 0.05) is 0 Å². The molecule has 0 spiro atoms. The van der Waals surface area contributed by atoms with Crippen LogP contribution in [0.25, 0.3) is 0 Å². The van der Waals surface area contributed by atoms with Gasteiger partial charge in [-0.1, -0.05) is 39.5 Å². The normalized spacial score (nSPS) is 37.7. The van der Waals surface area contributed by atoms with Crippen molar-refractivity contribution in [3.05, 3.63) is 0 Å². The molecule has 1 N–H and O–H groups in total. The zero-order valence-electron chi connectivity index (χ0n) is 8.42. The van der Waals surface area contributed by atoms with Crippen molar-refractivity contribution in [3.8, 4) is 0 Å². The Labute approximate surface area is 79.3 Å². The Kier molecular flexibility index (Phi) is 1.90. The monoisotopic (exact) mass is 182 g/mol. The van der Waals surface area contributed by atoms with E-state index in [-0.39, 0.29) is 11.3 Å². The smallest absolute Gasteiger partial charge is 0.307 e. The molecule has 2 unspecified atom stereocenters. The molecule has 2 rings (SSSR count). The summed E-state index contributed by atoms with van der Waals surface area (Å²) in [6, 6.07) is 0. The first-order valence-electron chi connectivity index (χ1n) is 5.28. The largest absolute Gasteiger partial charge is 0.481 e. The predicted molar refractivity (Wildman–Crippen MR) is 50.4 cm³/mol. The van der Waals surface area contributed by atoms with Crippen molar-refractivity contribution in [2.24, 2.45) is 23.2 Å². The van der Waals surface area contributed by atoms with Crippen LogP contribution in [0.3, 0.4) is 0 Å². The Balaban J connectivity index is 2.05. The highest BCUT2D eigenvalue weighted by Gasteiger charge is 2.64. The molecule has 0 aliphatic heterocycles. The first kappa shape index (κ1) is 9.04. The Morgan fingerprint density at radius 3 is 2.23 bits per heavy atom. The molecular formula is C11H18O2. The third-order valence-corrected chi connectivity index (χ3v) is 4.08. The van der Waals surface area contributed by atoms with Gasteiger partial charge in [-0.2, -0.15) is 0 Å². The molecule has 2 aliphatic carbocycles. The molecule has 2 fully saturated rings. The Bertz CT molecular complexity index is 226. The van der Waals surface area contributed by atoms with Crippen molar-refractivity contribution in [1.29, 1.82) is 0 Å². The van der Waals surface area contributed by atoms with Crippen LogP contribution in [0.2, 0.25) is 0 Å². The molecule has 0 saturated heterocycles. The van der Waals surface area contributed by atoms with Gasteiger partial charge in [-0.05, 0) is 17.3 Å². The highest BCUT2D eigenvalue weighted by atomic mass is 16.4. The maximum absolute atomic E-state index is 10.9. The number of carboxylic acids is 1. The van der Waals surface area contributed by atoms with Gasteiger partial charge >= 0.3 is 5.97 Å². The molecule has 0 aromatic heterocycles. The summed E-state index contributed by atoms with van der Waals surface area (Å²) in [4.78, 5) is 10.9. The maximum Gasteiger partial charge on any atom is 0.307 e. The highest BCUT2D eigenvalue weighted by molar-refractivity contribution is 5.75. The van der Waals surface area contributed by atoms with Crippen molar-refractivity contribution in [2.45, 2.75) is 39.5 Å². The second-order valence-corrected chi connectivity index (χ2v) is 5.21. The molecule has 2 saturated carbocycles. The molecule has 0 aromatic rings. The number of rotatable bonds is 2. The van der Waals surface area contributed by atoms with Crippen LogP contribution >= 0.6 is 0 Å². The van der Waals surface area contributed by atoms with Gasteiger partial charge in [0.2, 0.25) is 0 Å². The summed E-state index contributed by atoms with van der Waals surface area (Å²) in [5.74, 6) is 0.529. The Morgan fingerprint density at radius 1 is 1.31 bits per heavy atom.